The van der Waals surface area contributed by atoms with Gasteiger partial charge in [-0.1, -0.05) is 17.7 Å². The van der Waals surface area contributed by atoms with Crippen LogP contribution in [-0.2, 0) is 0 Å². The minimum Gasteiger partial charge on any atom is -0.491 e. The molecule has 1 heterocycles. The topological polar surface area (TPSA) is 56.3 Å². The first kappa shape index (κ1) is 15.1. The van der Waals surface area contributed by atoms with E-state index in [1.54, 1.807) is 13.2 Å². The molecule has 0 spiro atoms. The second-order valence-electron chi connectivity index (χ2n) is 5.04. The number of anilines is 1. The van der Waals surface area contributed by atoms with E-state index in [-0.39, 0.29) is 6.04 Å². The maximum atomic E-state index is 5.73. The molecule has 0 fully saturated rings. The van der Waals surface area contributed by atoms with Crippen LogP contribution in [0.2, 0.25) is 0 Å². The Hall–Kier alpha value is -2.30. The van der Waals surface area contributed by atoms with Crippen molar-refractivity contribution in [1.29, 1.82) is 0 Å². The van der Waals surface area contributed by atoms with Crippen molar-refractivity contribution in [3.8, 4) is 11.6 Å². The second-order valence-corrected chi connectivity index (χ2v) is 5.04. The van der Waals surface area contributed by atoms with Gasteiger partial charge in [0.05, 0.1) is 13.2 Å². The molecule has 5 nitrogen and oxygen atoms in total. The van der Waals surface area contributed by atoms with Gasteiger partial charge in [-0.3, -0.25) is 0 Å². The summed E-state index contributed by atoms with van der Waals surface area (Å²) >= 11 is 0. The third-order valence-corrected chi connectivity index (χ3v) is 2.94. The van der Waals surface area contributed by atoms with E-state index in [0.717, 1.165) is 11.4 Å². The summed E-state index contributed by atoms with van der Waals surface area (Å²) in [4.78, 5) is 8.59. The fraction of sp³-hybridized carbons (Fsp3) is 0.375. The van der Waals surface area contributed by atoms with Gasteiger partial charge in [-0.15, -0.1) is 0 Å². The minimum atomic E-state index is 0.0813. The molecule has 21 heavy (non-hydrogen) atoms. The zero-order valence-corrected chi connectivity index (χ0v) is 12.9. The van der Waals surface area contributed by atoms with Crippen molar-refractivity contribution in [3.05, 3.63) is 41.6 Å². The van der Waals surface area contributed by atoms with Crippen LogP contribution in [-0.4, -0.2) is 29.7 Å². The van der Waals surface area contributed by atoms with Gasteiger partial charge in [0.1, 0.15) is 12.4 Å². The highest BCUT2D eigenvalue weighted by Gasteiger charge is 2.07. The van der Waals surface area contributed by atoms with Crippen LogP contribution in [0.1, 0.15) is 18.2 Å². The predicted molar refractivity (Wildman–Crippen MR) is 83.1 cm³/mol. The van der Waals surface area contributed by atoms with Crippen LogP contribution < -0.4 is 14.8 Å². The molecule has 1 aromatic heterocycles. The molecule has 0 radical (unpaired) electrons. The highest BCUT2D eigenvalue weighted by molar-refractivity contribution is 5.32. The van der Waals surface area contributed by atoms with E-state index in [1.807, 2.05) is 38.1 Å². The van der Waals surface area contributed by atoms with Crippen LogP contribution in [0.4, 0.5) is 5.95 Å². The molecule has 0 aliphatic carbocycles. The number of rotatable bonds is 6. The molecule has 1 unspecified atom stereocenters. The molecule has 0 saturated heterocycles. The summed E-state index contributed by atoms with van der Waals surface area (Å²) < 4.78 is 10.9. The van der Waals surface area contributed by atoms with Crippen LogP contribution in [0.15, 0.2) is 30.3 Å². The van der Waals surface area contributed by atoms with Crippen LogP contribution in [0.5, 0.6) is 11.6 Å². The van der Waals surface area contributed by atoms with Crippen molar-refractivity contribution in [3.63, 3.8) is 0 Å². The molecule has 1 aromatic carbocycles. The average molecular weight is 287 g/mol. The first-order chi connectivity index (χ1) is 10.1. The molecule has 2 rings (SSSR count). The van der Waals surface area contributed by atoms with Gasteiger partial charge in [0, 0.05) is 11.8 Å². The highest BCUT2D eigenvalue weighted by Crippen LogP contribution is 2.14. The molecule has 0 saturated carbocycles. The quantitative estimate of drug-likeness (QED) is 0.885. The van der Waals surface area contributed by atoms with Crippen molar-refractivity contribution < 1.29 is 9.47 Å². The molecule has 0 aliphatic rings. The number of ether oxygens (including phenoxy) is 2. The largest absolute Gasteiger partial charge is 0.491 e. The van der Waals surface area contributed by atoms with Gasteiger partial charge in [-0.25, -0.2) is 4.98 Å². The second kappa shape index (κ2) is 6.92. The molecular formula is C16H21N3O2. The van der Waals surface area contributed by atoms with Crippen molar-refractivity contribution in [2.45, 2.75) is 26.8 Å². The van der Waals surface area contributed by atoms with Crippen molar-refractivity contribution in [2.24, 2.45) is 0 Å². The Morgan fingerprint density at radius 1 is 1.14 bits per heavy atom. The van der Waals surface area contributed by atoms with Gasteiger partial charge in [-0.2, -0.15) is 4.98 Å². The Bertz CT molecular complexity index is 585. The molecule has 112 valence electrons. The lowest BCUT2D eigenvalue weighted by Gasteiger charge is -2.15. The van der Waals surface area contributed by atoms with Crippen molar-refractivity contribution >= 4 is 5.95 Å². The molecule has 0 bridgehead atoms. The summed E-state index contributed by atoms with van der Waals surface area (Å²) in [6, 6.07) is 9.86. The number of aryl methyl sites for hydroxylation is 2. The Kier molecular flexibility index (Phi) is 4.98. The smallest absolute Gasteiger partial charge is 0.226 e. The Labute approximate surface area is 125 Å². The summed E-state index contributed by atoms with van der Waals surface area (Å²) in [5.41, 5.74) is 2.07. The van der Waals surface area contributed by atoms with Gasteiger partial charge in [0.25, 0.3) is 0 Å². The monoisotopic (exact) mass is 287 g/mol. The maximum absolute atomic E-state index is 5.73. The Morgan fingerprint density at radius 2 is 1.86 bits per heavy atom. The van der Waals surface area contributed by atoms with Gasteiger partial charge in [0.2, 0.25) is 11.8 Å². The Balaban J connectivity index is 1.90. The van der Waals surface area contributed by atoms with E-state index in [2.05, 4.69) is 22.2 Å². The lowest BCUT2D eigenvalue weighted by Crippen LogP contribution is -2.24. The molecule has 1 atom stereocenters. The molecule has 2 aromatic rings. The zero-order chi connectivity index (χ0) is 15.2. The number of aromatic nitrogens is 2. The summed E-state index contributed by atoms with van der Waals surface area (Å²) in [7, 11) is 1.59. The zero-order valence-electron chi connectivity index (χ0n) is 12.9. The molecule has 0 aliphatic heterocycles. The fourth-order valence-corrected chi connectivity index (χ4v) is 1.83. The molecule has 1 N–H and O–H groups in total. The number of benzene rings is 1. The van der Waals surface area contributed by atoms with E-state index in [4.69, 9.17) is 9.47 Å². The summed E-state index contributed by atoms with van der Waals surface area (Å²) in [5.74, 6) is 1.96. The summed E-state index contributed by atoms with van der Waals surface area (Å²) in [6.07, 6.45) is 0. The van der Waals surface area contributed by atoms with E-state index < -0.39 is 0 Å². The van der Waals surface area contributed by atoms with Crippen LogP contribution >= 0.6 is 0 Å². The predicted octanol–water partition coefficient (Wildman–Crippen LogP) is 2.98. The number of methoxy groups -OCH3 is 1. The number of nitrogens with zero attached hydrogens (tertiary/aromatic N) is 2. The third kappa shape index (κ3) is 4.63. The lowest BCUT2D eigenvalue weighted by molar-refractivity contribution is 0.303. The third-order valence-electron chi connectivity index (χ3n) is 2.94. The van der Waals surface area contributed by atoms with Gasteiger partial charge in [-0.05, 0) is 32.9 Å². The highest BCUT2D eigenvalue weighted by atomic mass is 16.5. The van der Waals surface area contributed by atoms with E-state index in [0.29, 0.717) is 18.4 Å². The molecular weight excluding hydrogens is 266 g/mol. The molecule has 0 amide bonds. The van der Waals surface area contributed by atoms with Crippen LogP contribution in [0.25, 0.3) is 0 Å². The van der Waals surface area contributed by atoms with Crippen molar-refractivity contribution in [1.82, 2.24) is 9.97 Å². The first-order valence-electron chi connectivity index (χ1n) is 6.92. The van der Waals surface area contributed by atoms with E-state index >= 15 is 0 Å². The van der Waals surface area contributed by atoms with Crippen LogP contribution in [0, 0.1) is 13.8 Å². The number of nitrogens with one attached hydrogen (secondary N) is 1. The van der Waals surface area contributed by atoms with Gasteiger partial charge >= 0.3 is 0 Å². The normalized spacial score (nSPS) is 11.8. The lowest BCUT2D eigenvalue weighted by atomic mass is 10.2. The average Bonchev–Trinajstić information content (AvgIpc) is 2.46. The first-order valence-corrected chi connectivity index (χ1v) is 6.92. The van der Waals surface area contributed by atoms with Crippen molar-refractivity contribution in [2.75, 3.05) is 19.0 Å². The van der Waals surface area contributed by atoms with E-state index in [1.165, 1.54) is 5.56 Å². The van der Waals surface area contributed by atoms with Gasteiger partial charge in [0.15, 0.2) is 0 Å². The van der Waals surface area contributed by atoms with Gasteiger partial charge < -0.3 is 14.8 Å². The number of hydrogen-bond acceptors (Lipinski definition) is 5. The summed E-state index contributed by atoms with van der Waals surface area (Å²) in [6.45, 7) is 6.51. The van der Waals surface area contributed by atoms with Crippen LogP contribution in [0.3, 0.4) is 0 Å². The minimum absolute atomic E-state index is 0.0813. The fourth-order valence-electron chi connectivity index (χ4n) is 1.83. The SMILES string of the molecule is COc1cc(C)nc(NC(C)COc2ccc(C)cc2)n1. The maximum Gasteiger partial charge on any atom is 0.226 e. The molecule has 5 heteroatoms. The number of hydrogen-bond donors (Lipinski definition) is 1. The standard InChI is InChI=1S/C16H21N3O2/c1-11-5-7-14(8-6-11)21-10-13(3)18-16-17-12(2)9-15(19-16)20-4/h5-9,13H,10H2,1-4H3,(H,17,18,19). The Morgan fingerprint density at radius 3 is 2.52 bits per heavy atom. The van der Waals surface area contributed by atoms with E-state index in [9.17, 15) is 0 Å². The summed E-state index contributed by atoms with van der Waals surface area (Å²) in [5, 5.41) is 3.21.